The van der Waals surface area contributed by atoms with E-state index in [0.717, 1.165) is 0 Å². The first-order chi connectivity index (χ1) is 6.50. The molecule has 0 saturated heterocycles. The van der Waals surface area contributed by atoms with Crippen LogP contribution in [0.25, 0.3) is 0 Å². The molecule has 0 unspecified atom stereocenters. The highest BCUT2D eigenvalue weighted by Crippen LogP contribution is 2.28. The largest absolute Gasteiger partial charge is 0.546 e. The maximum Gasteiger partial charge on any atom is 0.138 e. The second kappa shape index (κ2) is 4.53. The van der Waals surface area contributed by atoms with Gasteiger partial charge >= 0.3 is 0 Å². The predicted molar refractivity (Wildman–Crippen MR) is 51.6 cm³/mol. The summed E-state index contributed by atoms with van der Waals surface area (Å²) in [6.45, 7) is 1.36. The number of rotatable bonds is 3. The fraction of sp³-hybridized carbons (Fsp3) is 0.222. The lowest BCUT2D eigenvalue weighted by molar-refractivity contribution is -0.312. The van der Waals surface area contributed by atoms with Gasteiger partial charge in [-0.1, -0.05) is 23.2 Å². The van der Waals surface area contributed by atoms with Crippen molar-refractivity contribution >= 4 is 29.2 Å². The Bertz CT molecular complexity index is 352. The van der Waals surface area contributed by atoms with Crippen LogP contribution in [0, 0.1) is 0 Å². The number of hydrogen-bond acceptors (Lipinski definition) is 3. The Morgan fingerprint density at radius 3 is 2.64 bits per heavy atom. The number of carboxylic acid groups (broad SMARTS) is 1. The van der Waals surface area contributed by atoms with Gasteiger partial charge in [0, 0.05) is 5.02 Å². The van der Waals surface area contributed by atoms with E-state index in [9.17, 15) is 9.90 Å². The molecule has 76 valence electrons. The highest BCUT2D eigenvalue weighted by Gasteiger charge is 2.08. The standard InChI is InChI=1S/C9H8Cl2O3/c1-5(9(12)13)14-8-3-2-6(10)4-7(8)11/h2-5H,1H3,(H,12,13)/p-1/t5-/m1/s1. The summed E-state index contributed by atoms with van der Waals surface area (Å²) >= 11 is 11.4. The number of ether oxygens (including phenoxy) is 1. The minimum atomic E-state index is -1.30. The van der Waals surface area contributed by atoms with Crippen molar-refractivity contribution in [1.82, 2.24) is 0 Å². The van der Waals surface area contributed by atoms with Crippen LogP contribution in [0.2, 0.25) is 10.0 Å². The molecule has 0 aliphatic carbocycles. The molecule has 0 bridgehead atoms. The van der Waals surface area contributed by atoms with Crippen LogP contribution in [0.5, 0.6) is 5.75 Å². The Kier molecular flexibility index (Phi) is 3.61. The molecular formula is C9H7Cl2O3-. The third-order valence-electron chi connectivity index (χ3n) is 1.53. The predicted octanol–water partition coefficient (Wildman–Crippen LogP) is 1.51. The van der Waals surface area contributed by atoms with Crippen molar-refractivity contribution in [3.63, 3.8) is 0 Å². The van der Waals surface area contributed by atoms with Crippen LogP contribution >= 0.6 is 23.2 Å². The number of carbonyl (C=O) groups excluding carboxylic acids is 1. The molecule has 0 fully saturated rings. The fourth-order valence-corrected chi connectivity index (χ4v) is 1.26. The van der Waals surface area contributed by atoms with E-state index in [1.54, 1.807) is 6.07 Å². The van der Waals surface area contributed by atoms with E-state index in [1.807, 2.05) is 0 Å². The Morgan fingerprint density at radius 1 is 1.50 bits per heavy atom. The number of hydrogen-bond donors (Lipinski definition) is 0. The molecule has 5 heteroatoms. The summed E-state index contributed by atoms with van der Waals surface area (Å²) in [5.41, 5.74) is 0. The lowest BCUT2D eigenvalue weighted by atomic mass is 10.3. The van der Waals surface area contributed by atoms with Crippen molar-refractivity contribution in [2.45, 2.75) is 13.0 Å². The molecule has 14 heavy (non-hydrogen) atoms. The molecule has 0 heterocycles. The third-order valence-corrected chi connectivity index (χ3v) is 2.06. The maximum atomic E-state index is 10.4. The van der Waals surface area contributed by atoms with E-state index in [1.165, 1.54) is 19.1 Å². The summed E-state index contributed by atoms with van der Waals surface area (Å²) in [5, 5.41) is 11.1. The molecule has 0 radical (unpaired) electrons. The quantitative estimate of drug-likeness (QED) is 0.796. The van der Waals surface area contributed by atoms with Crippen LogP contribution in [-0.2, 0) is 4.79 Å². The van der Waals surface area contributed by atoms with Gasteiger partial charge in [0.15, 0.2) is 0 Å². The van der Waals surface area contributed by atoms with E-state index < -0.39 is 12.1 Å². The van der Waals surface area contributed by atoms with Gasteiger partial charge in [-0.2, -0.15) is 0 Å². The van der Waals surface area contributed by atoms with Gasteiger partial charge in [0.05, 0.1) is 11.0 Å². The molecule has 1 aromatic rings. The highest BCUT2D eigenvalue weighted by molar-refractivity contribution is 6.35. The lowest BCUT2D eigenvalue weighted by Crippen LogP contribution is -2.37. The number of carboxylic acids is 1. The van der Waals surface area contributed by atoms with Gasteiger partial charge in [0.25, 0.3) is 0 Å². The Balaban J connectivity index is 2.82. The van der Waals surface area contributed by atoms with Crippen LogP contribution in [0.3, 0.4) is 0 Å². The molecular weight excluding hydrogens is 227 g/mol. The monoisotopic (exact) mass is 233 g/mol. The zero-order valence-electron chi connectivity index (χ0n) is 7.29. The summed E-state index contributed by atoms with van der Waals surface area (Å²) in [5.74, 6) is -1.02. The first kappa shape index (κ1) is 11.1. The van der Waals surface area contributed by atoms with Gasteiger partial charge in [0.2, 0.25) is 0 Å². The first-order valence-corrected chi connectivity index (χ1v) is 4.59. The molecule has 1 aromatic carbocycles. The molecule has 0 aromatic heterocycles. The highest BCUT2D eigenvalue weighted by atomic mass is 35.5. The minimum Gasteiger partial charge on any atom is -0.546 e. The summed E-state index contributed by atoms with van der Waals surface area (Å²) < 4.78 is 5.01. The zero-order valence-corrected chi connectivity index (χ0v) is 8.80. The smallest absolute Gasteiger partial charge is 0.138 e. The van der Waals surface area contributed by atoms with Crippen LogP contribution in [0.4, 0.5) is 0 Å². The van der Waals surface area contributed by atoms with E-state index in [0.29, 0.717) is 5.02 Å². The molecule has 0 saturated carbocycles. The van der Waals surface area contributed by atoms with Gasteiger partial charge in [-0.05, 0) is 25.1 Å². The van der Waals surface area contributed by atoms with Crippen LogP contribution < -0.4 is 9.84 Å². The maximum absolute atomic E-state index is 10.4. The normalized spacial score (nSPS) is 12.2. The van der Waals surface area contributed by atoms with Gasteiger partial charge < -0.3 is 14.6 Å². The Labute approximate surface area is 91.2 Å². The van der Waals surface area contributed by atoms with Crippen molar-refractivity contribution < 1.29 is 14.6 Å². The second-order valence-electron chi connectivity index (χ2n) is 2.65. The van der Waals surface area contributed by atoms with E-state index >= 15 is 0 Å². The van der Waals surface area contributed by atoms with Gasteiger partial charge in [0.1, 0.15) is 11.9 Å². The van der Waals surface area contributed by atoms with Crippen molar-refractivity contribution in [3.05, 3.63) is 28.2 Å². The van der Waals surface area contributed by atoms with Gasteiger partial charge in [-0.25, -0.2) is 0 Å². The molecule has 1 rings (SSSR count). The lowest BCUT2D eigenvalue weighted by Gasteiger charge is -2.16. The van der Waals surface area contributed by atoms with Crippen molar-refractivity contribution in [2.75, 3.05) is 0 Å². The summed E-state index contributed by atoms with van der Waals surface area (Å²) in [6, 6.07) is 4.54. The number of benzene rings is 1. The molecule has 0 aliphatic rings. The average Bonchev–Trinajstić information content (AvgIpc) is 2.09. The van der Waals surface area contributed by atoms with Gasteiger partial charge in [-0.15, -0.1) is 0 Å². The number of aliphatic carboxylic acids is 1. The number of carbonyl (C=O) groups is 1. The molecule has 3 nitrogen and oxygen atoms in total. The van der Waals surface area contributed by atoms with E-state index in [2.05, 4.69) is 0 Å². The summed E-state index contributed by atoms with van der Waals surface area (Å²) in [7, 11) is 0. The first-order valence-electron chi connectivity index (χ1n) is 3.83. The molecule has 1 atom stereocenters. The minimum absolute atomic E-state index is 0.269. The second-order valence-corrected chi connectivity index (χ2v) is 3.50. The van der Waals surface area contributed by atoms with E-state index in [-0.39, 0.29) is 10.8 Å². The van der Waals surface area contributed by atoms with Gasteiger partial charge in [-0.3, -0.25) is 0 Å². The third kappa shape index (κ3) is 2.79. The van der Waals surface area contributed by atoms with E-state index in [4.69, 9.17) is 27.9 Å². The summed E-state index contributed by atoms with van der Waals surface area (Å²) in [4.78, 5) is 10.4. The van der Waals surface area contributed by atoms with Crippen molar-refractivity contribution in [3.8, 4) is 5.75 Å². The van der Waals surface area contributed by atoms with Crippen molar-refractivity contribution in [1.29, 1.82) is 0 Å². The average molecular weight is 234 g/mol. The summed E-state index contributed by atoms with van der Waals surface area (Å²) in [6.07, 6.45) is -1.05. The number of halogens is 2. The van der Waals surface area contributed by atoms with Crippen LogP contribution in [0.15, 0.2) is 18.2 Å². The Morgan fingerprint density at radius 2 is 2.14 bits per heavy atom. The molecule has 0 amide bonds. The SMILES string of the molecule is C[C@@H](Oc1ccc(Cl)cc1Cl)C(=O)[O-]. The zero-order chi connectivity index (χ0) is 10.7. The molecule has 0 aliphatic heterocycles. The topological polar surface area (TPSA) is 49.4 Å². The molecule has 0 N–H and O–H groups in total. The molecule has 0 spiro atoms. The van der Waals surface area contributed by atoms with Crippen LogP contribution in [-0.4, -0.2) is 12.1 Å². The van der Waals surface area contributed by atoms with Crippen LogP contribution in [0.1, 0.15) is 6.92 Å². The van der Waals surface area contributed by atoms with Crippen molar-refractivity contribution in [2.24, 2.45) is 0 Å². The fourth-order valence-electron chi connectivity index (χ4n) is 0.809. The Hall–Kier alpha value is -0.930.